The summed E-state index contributed by atoms with van der Waals surface area (Å²) in [6.07, 6.45) is 0. The minimum absolute atomic E-state index is 0.0755. The number of nitrogens with zero attached hydrogens (tertiary/aromatic N) is 1. The molecule has 5 rings (SSSR count). The summed E-state index contributed by atoms with van der Waals surface area (Å²) < 4.78 is 27.3. The molecule has 4 aromatic rings. The van der Waals surface area contributed by atoms with Gasteiger partial charge in [-0.05, 0) is 0 Å². The standard InChI is InChI=1S/C21H18IN3O4S2/c1-22-18(13-7-3-2-4-8-13)21(22,20(26)27)25-31(28,29)17-12-11-16(30-17)19-23-14-9-5-6-10-15(14)24-19/h2-12,18,25H,1H3,(H,23,24)(H,26,27)/t18-,21+/m1/s1. The van der Waals surface area contributed by atoms with Crippen molar-refractivity contribution in [2.24, 2.45) is 0 Å². The first-order valence-corrected chi connectivity index (χ1v) is 16.1. The van der Waals surface area contributed by atoms with Crippen LogP contribution in [0.15, 0.2) is 70.9 Å². The number of halogens is 1. The summed E-state index contributed by atoms with van der Waals surface area (Å²) in [5.41, 5.74) is 2.53. The van der Waals surface area contributed by atoms with Crippen LogP contribution in [0, 0.1) is 0 Å². The molecule has 2 aromatic carbocycles. The monoisotopic (exact) mass is 567 g/mol. The van der Waals surface area contributed by atoms with Gasteiger partial charge in [0.25, 0.3) is 0 Å². The van der Waals surface area contributed by atoms with E-state index in [1.165, 1.54) is 6.07 Å². The van der Waals surface area contributed by atoms with Gasteiger partial charge in [0.15, 0.2) is 0 Å². The first kappa shape index (κ1) is 20.6. The van der Waals surface area contributed by atoms with Crippen molar-refractivity contribution < 1.29 is 18.3 Å². The summed E-state index contributed by atoms with van der Waals surface area (Å²) in [5.74, 6) is -0.523. The molecule has 1 aliphatic rings. The van der Waals surface area contributed by atoms with Crippen molar-refractivity contribution in [1.82, 2.24) is 14.7 Å². The van der Waals surface area contributed by atoms with Crippen molar-refractivity contribution in [3.8, 4) is 10.7 Å². The Labute approximate surface area is 190 Å². The van der Waals surface area contributed by atoms with E-state index < -0.39 is 39.4 Å². The summed E-state index contributed by atoms with van der Waals surface area (Å²) in [6, 6.07) is 20.0. The molecule has 2 atom stereocenters. The van der Waals surface area contributed by atoms with Crippen molar-refractivity contribution in [1.29, 1.82) is 0 Å². The number of carbonyl (C=O) groups is 1. The van der Waals surface area contributed by atoms with E-state index in [2.05, 4.69) is 14.7 Å². The molecule has 1 fully saturated rings. The number of alkyl halides is 3. The fourth-order valence-corrected chi connectivity index (χ4v) is 14.9. The van der Waals surface area contributed by atoms with E-state index in [0.717, 1.165) is 27.9 Å². The average molecular weight is 567 g/mol. The molecule has 7 nitrogen and oxygen atoms in total. The normalized spacial score (nSPS) is 22.0. The topological polar surface area (TPSA) is 112 Å². The van der Waals surface area contributed by atoms with E-state index in [9.17, 15) is 18.3 Å². The van der Waals surface area contributed by atoms with E-state index in [-0.39, 0.29) is 8.13 Å². The molecule has 3 heterocycles. The van der Waals surface area contributed by atoms with Crippen LogP contribution in [-0.4, -0.2) is 37.9 Å². The quantitative estimate of drug-likeness (QED) is 0.183. The summed E-state index contributed by atoms with van der Waals surface area (Å²) in [6.45, 7) is 0. The Bertz CT molecular complexity index is 1370. The summed E-state index contributed by atoms with van der Waals surface area (Å²) >= 11 is -1.07. The van der Waals surface area contributed by atoms with E-state index in [1.807, 2.05) is 59.5 Å². The van der Waals surface area contributed by atoms with Crippen LogP contribution in [0.1, 0.15) is 9.49 Å². The van der Waals surface area contributed by atoms with Crippen LogP contribution in [0.3, 0.4) is 0 Å². The van der Waals surface area contributed by atoms with Gasteiger partial charge < -0.3 is 0 Å². The number of carboxylic acid groups (broad SMARTS) is 1. The third kappa shape index (κ3) is 3.37. The molecule has 1 aliphatic heterocycles. The first-order chi connectivity index (χ1) is 14.8. The number of hydrogen-bond acceptors (Lipinski definition) is 5. The maximum atomic E-state index is 13.2. The summed E-state index contributed by atoms with van der Waals surface area (Å²) in [4.78, 5) is 22.5. The Hall–Kier alpha value is -2.28. The van der Waals surface area contributed by atoms with Crippen LogP contribution in [0.2, 0.25) is 0 Å². The van der Waals surface area contributed by atoms with E-state index in [0.29, 0.717) is 10.7 Å². The number of hydrogen-bond donors (Lipinski definition) is 3. The van der Waals surface area contributed by atoms with Gasteiger partial charge in [-0.25, -0.2) is 0 Å². The van der Waals surface area contributed by atoms with Gasteiger partial charge in [0, 0.05) is 0 Å². The Kier molecular flexibility index (Phi) is 4.92. The second-order valence-corrected chi connectivity index (χ2v) is 16.0. The number of rotatable bonds is 6. The third-order valence-corrected chi connectivity index (χ3v) is 15.6. The number of imidazole rings is 1. The number of thiophene rings is 1. The van der Waals surface area contributed by atoms with Gasteiger partial charge in [-0.3, -0.25) is 0 Å². The van der Waals surface area contributed by atoms with Crippen LogP contribution in [0.4, 0.5) is 0 Å². The molecule has 0 bridgehead atoms. The van der Waals surface area contributed by atoms with Gasteiger partial charge in [0.1, 0.15) is 0 Å². The Morgan fingerprint density at radius 1 is 1.13 bits per heavy atom. The van der Waals surface area contributed by atoms with Gasteiger partial charge in [0.2, 0.25) is 0 Å². The average Bonchev–Trinajstić information content (AvgIpc) is 3.16. The van der Waals surface area contributed by atoms with Crippen LogP contribution in [-0.2, 0) is 14.8 Å². The first-order valence-electron chi connectivity index (χ1n) is 9.29. The van der Waals surface area contributed by atoms with E-state index >= 15 is 0 Å². The fourth-order valence-electron chi connectivity index (χ4n) is 3.69. The van der Waals surface area contributed by atoms with Crippen LogP contribution >= 0.6 is 31.2 Å². The molecule has 31 heavy (non-hydrogen) atoms. The third-order valence-electron chi connectivity index (χ3n) is 5.25. The van der Waals surface area contributed by atoms with Crippen LogP contribution < -0.4 is 4.72 Å². The van der Waals surface area contributed by atoms with Crippen molar-refractivity contribution in [3.63, 3.8) is 0 Å². The van der Waals surface area contributed by atoms with E-state index in [1.54, 1.807) is 6.07 Å². The number of nitrogens with one attached hydrogen (secondary N) is 2. The Balaban J connectivity index is 1.46. The molecule has 0 spiro atoms. The second-order valence-electron chi connectivity index (χ2n) is 7.13. The van der Waals surface area contributed by atoms with Crippen molar-refractivity contribution >= 4 is 58.2 Å². The predicted molar refractivity (Wildman–Crippen MR) is 129 cm³/mol. The number of para-hydroxylation sites is 2. The zero-order valence-corrected chi connectivity index (χ0v) is 20.0. The number of carboxylic acids is 1. The number of sulfonamides is 1. The second kappa shape index (κ2) is 7.40. The van der Waals surface area contributed by atoms with E-state index in [4.69, 9.17) is 0 Å². The summed E-state index contributed by atoms with van der Waals surface area (Å²) in [7, 11) is -4.01. The molecule has 2 aromatic heterocycles. The number of benzene rings is 2. The van der Waals surface area contributed by atoms with Crippen molar-refractivity contribution in [3.05, 3.63) is 72.3 Å². The number of fused-ring (bicyclic) bond motifs is 1. The molecule has 10 heteroatoms. The molecule has 3 N–H and O–H groups in total. The van der Waals surface area contributed by atoms with Gasteiger partial charge in [-0.1, -0.05) is 0 Å². The molecule has 0 aliphatic carbocycles. The number of aromatic amines is 1. The zero-order chi connectivity index (χ0) is 21.8. The molecule has 1 saturated heterocycles. The van der Waals surface area contributed by atoms with Gasteiger partial charge >= 0.3 is 191 Å². The summed E-state index contributed by atoms with van der Waals surface area (Å²) in [5, 5.41) is 9.98. The predicted octanol–water partition coefficient (Wildman–Crippen LogP) is 4.24. The Morgan fingerprint density at radius 3 is 2.55 bits per heavy atom. The van der Waals surface area contributed by atoms with Crippen molar-refractivity contribution in [2.45, 2.75) is 11.7 Å². The number of aromatic nitrogens is 2. The van der Waals surface area contributed by atoms with Crippen LogP contribution in [0.5, 0.6) is 0 Å². The van der Waals surface area contributed by atoms with Gasteiger partial charge in [-0.15, -0.1) is 0 Å². The minimum atomic E-state index is -4.01. The molecular formula is C21H18IN3O4S2. The number of H-pyrrole nitrogens is 1. The fraction of sp³-hybridized carbons (Fsp3) is 0.143. The van der Waals surface area contributed by atoms with Crippen LogP contribution in [0.25, 0.3) is 21.7 Å². The maximum absolute atomic E-state index is 13.2. The molecule has 0 saturated carbocycles. The van der Waals surface area contributed by atoms with Crippen molar-refractivity contribution in [2.75, 3.05) is 4.93 Å². The molecule has 0 unspecified atom stereocenters. The van der Waals surface area contributed by atoms with Gasteiger partial charge in [0.05, 0.1) is 0 Å². The molecule has 0 amide bonds. The molecule has 160 valence electrons. The van der Waals surface area contributed by atoms with Gasteiger partial charge in [-0.2, -0.15) is 0 Å². The molecule has 0 radical (unpaired) electrons. The number of aliphatic carboxylic acids is 1. The zero-order valence-electron chi connectivity index (χ0n) is 16.2. The molecular weight excluding hydrogens is 549 g/mol. The Morgan fingerprint density at radius 2 is 1.84 bits per heavy atom. The SMILES string of the molecule is CI1[C@H](c2ccccc2)[C@]1(NS(=O)(=O)c1ccc(-c2nc3ccccc3[nH]2)s1)C(=O)O.